The lowest BCUT2D eigenvalue weighted by atomic mass is 9.73. The number of ether oxygens (including phenoxy) is 3. The summed E-state index contributed by atoms with van der Waals surface area (Å²) in [6.45, 7) is 2.15. The molecular formula is C22H19BrO5. The van der Waals surface area contributed by atoms with Crippen molar-refractivity contribution in [1.29, 1.82) is 0 Å². The number of rotatable bonds is 4. The zero-order chi connectivity index (χ0) is 19.7. The Bertz CT molecular complexity index is 948. The van der Waals surface area contributed by atoms with Crippen LogP contribution in [0.1, 0.15) is 30.4 Å². The summed E-state index contributed by atoms with van der Waals surface area (Å²) in [4.78, 5) is 25.5. The Kier molecular flexibility index (Phi) is 5.22. The average molecular weight is 443 g/mol. The predicted molar refractivity (Wildman–Crippen MR) is 107 cm³/mol. The Labute approximate surface area is 171 Å². The van der Waals surface area contributed by atoms with Crippen molar-refractivity contribution >= 4 is 33.3 Å². The van der Waals surface area contributed by atoms with Gasteiger partial charge in [0.1, 0.15) is 5.92 Å². The Morgan fingerprint density at radius 1 is 1.14 bits per heavy atom. The molecule has 0 amide bonds. The van der Waals surface area contributed by atoms with Crippen molar-refractivity contribution in [3.05, 3.63) is 64.1 Å². The predicted octanol–water partition coefficient (Wildman–Crippen LogP) is 4.50. The lowest BCUT2D eigenvalue weighted by molar-refractivity contribution is -0.151. The Balaban J connectivity index is 1.73. The Morgan fingerprint density at radius 3 is 2.64 bits per heavy atom. The number of halogens is 1. The minimum Gasteiger partial charge on any atom is -0.465 e. The quantitative estimate of drug-likeness (QED) is 0.515. The van der Waals surface area contributed by atoms with Crippen LogP contribution in [0.2, 0.25) is 0 Å². The molecule has 144 valence electrons. The summed E-state index contributed by atoms with van der Waals surface area (Å²) in [5.74, 6) is -0.606. The van der Waals surface area contributed by atoms with E-state index in [9.17, 15) is 9.59 Å². The summed E-state index contributed by atoms with van der Waals surface area (Å²) in [5.41, 5.74) is 2.73. The largest absolute Gasteiger partial charge is 0.465 e. The van der Waals surface area contributed by atoms with E-state index >= 15 is 0 Å². The molecule has 1 heterocycles. The molecule has 2 aliphatic rings. The lowest BCUT2D eigenvalue weighted by Crippen LogP contribution is -2.34. The van der Waals surface area contributed by atoms with E-state index in [-0.39, 0.29) is 25.1 Å². The first kappa shape index (κ1) is 18.7. The van der Waals surface area contributed by atoms with Gasteiger partial charge in [0.2, 0.25) is 6.79 Å². The van der Waals surface area contributed by atoms with Crippen molar-refractivity contribution in [2.75, 3.05) is 13.4 Å². The van der Waals surface area contributed by atoms with E-state index in [1.807, 2.05) is 42.5 Å². The normalized spacial score (nSPS) is 20.6. The van der Waals surface area contributed by atoms with Gasteiger partial charge in [0.25, 0.3) is 0 Å². The van der Waals surface area contributed by atoms with Gasteiger partial charge in [-0.05, 0) is 60.4 Å². The number of fused-ring (bicyclic) bond motifs is 1. The van der Waals surface area contributed by atoms with Crippen molar-refractivity contribution in [3.63, 3.8) is 0 Å². The second kappa shape index (κ2) is 7.80. The van der Waals surface area contributed by atoms with Crippen LogP contribution >= 0.6 is 15.9 Å². The zero-order valence-corrected chi connectivity index (χ0v) is 16.9. The number of benzene rings is 2. The fraction of sp³-hybridized carbons (Fsp3) is 0.273. The number of allylic oxidation sites excluding steroid dienone is 2. The molecule has 5 nitrogen and oxygen atoms in total. The van der Waals surface area contributed by atoms with Gasteiger partial charge >= 0.3 is 5.97 Å². The Hall–Kier alpha value is -2.60. The topological polar surface area (TPSA) is 61.8 Å². The van der Waals surface area contributed by atoms with Gasteiger partial charge in [-0.15, -0.1) is 0 Å². The smallest absolute Gasteiger partial charge is 0.317 e. The van der Waals surface area contributed by atoms with Gasteiger partial charge in [-0.3, -0.25) is 9.59 Å². The molecule has 0 saturated carbocycles. The number of ketones is 1. The molecule has 0 radical (unpaired) electrons. The van der Waals surface area contributed by atoms with Gasteiger partial charge in [0.05, 0.1) is 6.61 Å². The van der Waals surface area contributed by atoms with Gasteiger partial charge in [-0.1, -0.05) is 34.1 Å². The van der Waals surface area contributed by atoms with Crippen molar-refractivity contribution in [2.24, 2.45) is 5.92 Å². The van der Waals surface area contributed by atoms with Crippen molar-refractivity contribution in [2.45, 2.75) is 19.3 Å². The second-order valence-electron chi connectivity index (χ2n) is 6.73. The van der Waals surface area contributed by atoms with Crippen LogP contribution in [-0.2, 0) is 14.3 Å². The van der Waals surface area contributed by atoms with Gasteiger partial charge < -0.3 is 14.2 Å². The molecule has 4 rings (SSSR count). The molecule has 6 heteroatoms. The van der Waals surface area contributed by atoms with E-state index in [4.69, 9.17) is 14.2 Å². The second-order valence-corrected chi connectivity index (χ2v) is 7.65. The maximum atomic E-state index is 12.9. The van der Waals surface area contributed by atoms with Crippen LogP contribution in [0.3, 0.4) is 0 Å². The van der Waals surface area contributed by atoms with Crippen LogP contribution in [0.15, 0.2) is 53.0 Å². The number of carbonyl (C=O) groups excluding carboxylic acids is 2. The molecule has 0 aromatic heterocycles. The van der Waals surface area contributed by atoms with Crippen LogP contribution in [0.4, 0.5) is 0 Å². The standard InChI is InChI=1S/C22H19BrO5/c1-2-26-22(25)21-17(14-5-8-19-20(11-14)28-12-27-19)9-15(10-18(21)24)13-3-6-16(23)7-4-13/h3-8,10-11,17,21H,2,9,12H2,1H3. The minimum atomic E-state index is -0.862. The molecule has 2 aromatic carbocycles. The van der Waals surface area contributed by atoms with Crippen LogP contribution in [0.25, 0.3) is 5.57 Å². The molecule has 0 bridgehead atoms. The number of esters is 1. The first-order valence-corrected chi connectivity index (χ1v) is 9.92. The molecule has 2 atom stereocenters. The maximum absolute atomic E-state index is 12.9. The zero-order valence-electron chi connectivity index (χ0n) is 15.3. The highest BCUT2D eigenvalue weighted by Crippen LogP contribution is 2.43. The molecular weight excluding hydrogens is 424 g/mol. The third-order valence-corrected chi connectivity index (χ3v) is 5.57. The van der Waals surface area contributed by atoms with E-state index in [0.29, 0.717) is 17.9 Å². The summed E-state index contributed by atoms with van der Waals surface area (Å²) >= 11 is 3.43. The van der Waals surface area contributed by atoms with E-state index in [1.54, 1.807) is 13.0 Å². The van der Waals surface area contributed by atoms with Crippen LogP contribution in [-0.4, -0.2) is 25.2 Å². The minimum absolute atomic E-state index is 0.174. The summed E-state index contributed by atoms with van der Waals surface area (Å²) < 4.78 is 17.0. The first-order valence-electron chi connectivity index (χ1n) is 9.13. The van der Waals surface area contributed by atoms with Crippen molar-refractivity contribution in [3.8, 4) is 11.5 Å². The number of carbonyl (C=O) groups is 2. The van der Waals surface area contributed by atoms with Crippen LogP contribution < -0.4 is 9.47 Å². The summed E-state index contributed by atoms with van der Waals surface area (Å²) in [5, 5.41) is 0. The third kappa shape index (κ3) is 3.56. The number of hydrogen-bond acceptors (Lipinski definition) is 5. The fourth-order valence-corrected chi connectivity index (χ4v) is 3.97. The SMILES string of the molecule is CCOC(=O)C1C(=O)C=C(c2ccc(Br)cc2)CC1c1ccc2c(c1)OCO2. The van der Waals surface area contributed by atoms with Gasteiger partial charge in [0.15, 0.2) is 17.3 Å². The van der Waals surface area contributed by atoms with Crippen LogP contribution in [0, 0.1) is 5.92 Å². The van der Waals surface area contributed by atoms with E-state index in [2.05, 4.69) is 15.9 Å². The van der Waals surface area contributed by atoms with E-state index in [1.165, 1.54) is 0 Å². The van der Waals surface area contributed by atoms with E-state index < -0.39 is 11.9 Å². The molecule has 0 N–H and O–H groups in total. The summed E-state index contributed by atoms with van der Waals surface area (Å²) in [6, 6.07) is 13.4. The monoisotopic (exact) mass is 442 g/mol. The summed E-state index contributed by atoms with van der Waals surface area (Å²) in [7, 11) is 0. The molecule has 0 fully saturated rings. The first-order chi connectivity index (χ1) is 13.6. The van der Waals surface area contributed by atoms with Gasteiger partial charge in [-0.2, -0.15) is 0 Å². The van der Waals surface area contributed by atoms with Crippen LogP contribution in [0.5, 0.6) is 11.5 Å². The third-order valence-electron chi connectivity index (χ3n) is 5.05. The fourth-order valence-electron chi connectivity index (χ4n) is 3.71. The van der Waals surface area contributed by atoms with Crippen molar-refractivity contribution in [1.82, 2.24) is 0 Å². The average Bonchev–Trinajstić information content (AvgIpc) is 3.16. The highest BCUT2D eigenvalue weighted by molar-refractivity contribution is 9.10. The molecule has 0 spiro atoms. The molecule has 1 aliphatic heterocycles. The molecule has 28 heavy (non-hydrogen) atoms. The summed E-state index contributed by atoms with van der Waals surface area (Å²) in [6.07, 6.45) is 2.13. The molecule has 0 saturated heterocycles. The molecule has 2 aromatic rings. The highest BCUT2D eigenvalue weighted by Gasteiger charge is 2.40. The van der Waals surface area contributed by atoms with Crippen molar-refractivity contribution < 1.29 is 23.8 Å². The molecule has 1 aliphatic carbocycles. The highest BCUT2D eigenvalue weighted by atomic mass is 79.9. The number of hydrogen-bond donors (Lipinski definition) is 0. The lowest BCUT2D eigenvalue weighted by Gasteiger charge is -2.29. The van der Waals surface area contributed by atoms with Gasteiger partial charge in [-0.25, -0.2) is 0 Å². The maximum Gasteiger partial charge on any atom is 0.317 e. The van der Waals surface area contributed by atoms with E-state index in [0.717, 1.165) is 21.2 Å². The van der Waals surface area contributed by atoms with Gasteiger partial charge in [0, 0.05) is 10.4 Å². The Morgan fingerprint density at radius 2 is 1.89 bits per heavy atom. The molecule has 2 unspecified atom stereocenters.